The number of nitrogens with zero attached hydrogens (tertiary/aromatic N) is 1. The van der Waals surface area contributed by atoms with Crippen molar-refractivity contribution in [2.45, 2.75) is 20.8 Å². The third-order valence-electron chi connectivity index (χ3n) is 2.77. The van der Waals surface area contributed by atoms with Crippen molar-refractivity contribution in [2.75, 3.05) is 5.73 Å². The van der Waals surface area contributed by atoms with Crippen LogP contribution in [-0.2, 0) is 0 Å². The normalized spacial score (nSPS) is 10.5. The molecule has 4 nitrogen and oxygen atoms in total. The molecule has 0 bridgehead atoms. The van der Waals surface area contributed by atoms with Crippen LogP contribution in [0, 0.1) is 20.8 Å². The summed E-state index contributed by atoms with van der Waals surface area (Å²) in [5.41, 5.74) is 10.2. The third-order valence-corrected chi connectivity index (χ3v) is 2.77. The van der Waals surface area contributed by atoms with E-state index in [4.69, 9.17) is 5.73 Å². The highest BCUT2D eigenvalue weighted by Gasteiger charge is 2.11. The predicted octanol–water partition coefficient (Wildman–Crippen LogP) is 1.94. The van der Waals surface area contributed by atoms with E-state index in [1.54, 1.807) is 6.07 Å². The molecule has 1 aromatic heterocycles. The number of H-pyrrole nitrogens is 1. The Morgan fingerprint density at radius 1 is 1.12 bits per heavy atom. The van der Waals surface area contributed by atoms with Crippen LogP contribution in [0.3, 0.4) is 0 Å². The van der Waals surface area contributed by atoms with E-state index in [1.807, 2.05) is 20.8 Å². The number of anilines is 1. The topological polar surface area (TPSA) is 71.8 Å². The molecule has 2 rings (SSSR count). The van der Waals surface area contributed by atoms with E-state index in [1.165, 1.54) is 5.56 Å². The number of rotatable bonds is 1. The van der Waals surface area contributed by atoms with Gasteiger partial charge in [0.15, 0.2) is 0 Å². The van der Waals surface area contributed by atoms with E-state index in [0.29, 0.717) is 11.4 Å². The summed E-state index contributed by atoms with van der Waals surface area (Å²) in [4.78, 5) is 11.8. The second-order valence-electron chi connectivity index (χ2n) is 4.31. The van der Waals surface area contributed by atoms with Gasteiger partial charge in [-0.2, -0.15) is 5.10 Å². The van der Waals surface area contributed by atoms with Gasteiger partial charge in [0.25, 0.3) is 5.56 Å². The molecule has 0 atom stereocenters. The molecule has 88 valence electrons. The lowest BCUT2D eigenvalue weighted by Gasteiger charge is -2.10. The lowest BCUT2D eigenvalue weighted by Crippen LogP contribution is -2.13. The summed E-state index contributed by atoms with van der Waals surface area (Å²) in [7, 11) is 0. The van der Waals surface area contributed by atoms with Crippen LogP contribution in [0.15, 0.2) is 23.0 Å². The Bertz CT molecular complexity index is 606. The second kappa shape index (κ2) is 4.05. The fraction of sp³-hybridized carbons (Fsp3) is 0.231. The summed E-state index contributed by atoms with van der Waals surface area (Å²) in [5, 5.41) is 6.09. The number of aryl methyl sites for hydroxylation is 3. The highest BCUT2D eigenvalue weighted by atomic mass is 16.1. The Balaban J connectivity index is 2.77. The minimum absolute atomic E-state index is 0.214. The van der Waals surface area contributed by atoms with Crippen molar-refractivity contribution in [2.24, 2.45) is 0 Å². The first-order valence-electron chi connectivity index (χ1n) is 5.42. The summed E-state index contributed by atoms with van der Waals surface area (Å²) in [6, 6.07) is 5.72. The van der Waals surface area contributed by atoms with E-state index in [9.17, 15) is 4.79 Å². The van der Waals surface area contributed by atoms with Gasteiger partial charge in [0.2, 0.25) is 0 Å². The summed E-state index contributed by atoms with van der Waals surface area (Å²) in [6.07, 6.45) is 0. The van der Waals surface area contributed by atoms with Gasteiger partial charge < -0.3 is 5.73 Å². The van der Waals surface area contributed by atoms with Crippen molar-refractivity contribution in [1.82, 2.24) is 10.2 Å². The van der Waals surface area contributed by atoms with E-state index in [-0.39, 0.29) is 5.56 Å². The minimum Gasteiger partial charge on any atom is -0.382 e. The smallest absolute Gasteiger partial charge is 0.272 e. The molecule has 0 saturated heterocycles. The maximum absolute atomic E-state index is 11.8. The summed E-state index contributed by atoms with van der Waals surface area (Å²) in [5.74, 6) is 0.318. The molecule has 1 heterocycles. The number of nitrogens with one attached hydrogen (secondary N) is 1. The molecule has 1 aromatic carbocycles. The van der Waals surface area contributed by atoms with Crippen molar-refractivity contribution in [3.63, 3.8) is 0 Å². The van der Waals surface area contributed by atoms with Gasteiger partial charge in [0.05, 0.1) is 5.56 Å². The molecule has 0 aliphatic heterocycles. The average molecular weight is 229 g/mol. The minimum atomic E-state index is -0.214. The van der Waals surface area contributed by atoms with E-state index in [0.717, 1.165) is 16.7 Å². The number of nitrogen functional groups attached to an aromatic ring is 1. The predicted molar refractivity (Wildman–Crippen MR) is 68.9 cm³/mol. The Kier molecular flexibility index (Phi) is 2.71. The molecule has 0 saturated carbocycles. The Morgan fingerprint density at radius 2 is 1.71 bits per heavy atom. The number of benzene rings is 1. The van der Waals surface area contributed by atoms with Crippen LogP contribution in [0.1, 0.15) is 16.7 Å². The lowest BCUT2D eigenvalue weighted by atomic mass is 9.95. The van der Waals surface area contributed by atoms with Crippen LogP contribution < -0.4 is 11.3 Å². The van der Waals surface area contributed by atoms with Crippen LogP contribution in [0.5, 0.6) is 0 Å². The van der Waals surface area contributed by atoms with Crippen LogP contribution in [0.4, 0.5) is 5.82 Å². The first-order chi connectivity index (χ1) is 7.99. The molecule has 4 heteroatoms. The van der Waals surface area contributed by atoms with Gasteiger partial charge in [-0.25, -0.2) is 5.10 Å². The molecule has 0 aliphatic carbocycles. The lowest BCUT2D eigenvalue weighted by molar-refractivity contribution is 1.00. The van der Waals surface area contributed by atoms with Crippen molar-refractivity contribution in [3.05, 3.63) is 45.2 Å². The van der Waals surface area contributed by atoms with Crippen molar-refractivity contribution < 1.29 is 0 Å². The van der Waals surface area contributed by atoms with Gasteiger partial charge in [-0.15, -0.1) is 0 Å². The van der Waals surface area contributed by atoms with Gasteiger partial charge in [-0.1, -0.05) is 17.7 Å². The Morgan fingerprint density at radius 3 is 2.29 bits per heavy atom. The summed E-state index contributed by atoms with van der Waals surface area (Å²) >= 11 is 0. The first-order valence-corrected chi connectivity index (χ1v) is 5.42. The largest absolute Gasteiger partial charge is 0.382 e. The SMILES string of the molecule is Cc1cc(C)c(-c2cc(N)n[nH]c2=O)c(C)c1. The first kappa shape index (κ1) is 11.4. The fourth-order valence-corrected chi connectivity index (χ4v) is 2.21. The van der Waals surface area contributed by atoms with Crippen molar-refractivity contribution in [3.8, 4) is 11.1 Å². The molecule has 2 aromatic rings. The standard InChI is InChI=1S/C13H15N3O/c1-7-4-8(2)12(9(3)5-7)10-6-11(14)15-16-13(10)17/h4-6H,1-3H3,(H2,14,15)(H,16,17). The Labute approximate surface area is 99.5 Å². The van der Waals surface area contributed by atoms with Gasteiger partial charge in [-0.3, -0.25) is 4.79 Å². The molecular weight excluding hydrogens is 214 g/mol. The highest BCUT2D eigenvalue weighted by Crippen LogP contribution is 2.26. The molecular formula is C13H15N3O. The number of aromatic nitrogens is 2. The Hall–Kier alpha value is -2.10. The van der Waals surface area contributed by atoms with Crippen LogP contribution in [-0.4, -0.2) is 10.2 Å². The number of nitrogens with two attached hydrogens (primary N) is 1. The molecule has 0 amide bonds. The van der Waals surface area contributed by atoms with Crippen LogP contribution >= 0.6 is 0 Å². The van der Waals surface area contributed by atoms with E-state index >= 15 is 0 Å². The molecule has 0 unspecified atom stereocenters. The van der Waals surface area contributed by atoms with Gasteiger partial charge in [0, 0.05) is 0 Å². The van der Waals surface area contributed by atoms with Gasteiger partial charge in [-0.05, 0) is 43.5 Å². The van der Waals surface area contributed by atoms with Crippen molar-refractivity contribution >= 4 is 5.82 Å². The molecule has 3 N–H and O–H groups in total. The maximum atomic E-state index is 11.8. The van der Waals surface area contributed by atoms with Gasteiger partial charge >= 0.3 is 0 Å². The van der Waals surface area contributed by atoms with Gasteiger partial charge in [0.1, 0.15) is 5.82 Å². The second-order valence-corrected chi connectivity index (χ2v) is 4.31. The van der Waals surface area contributed by atoms with Crippen LogP contribution in [0.25, 0.3) is 11.1 Å². The molecule has 0 spiro atoms. The highest BCUT2D eigenvalue weighted by molar-refractivity contribution is 5.71. The number of hydrogen-bond acceptors (Lipinski definition) is 3. The van der Waals surface area contributed by atoms with Crippen molar-refractivity contribution in [1.29, 1.82) is 0 Å². The van der Waals surface area contributed by atoms with E-state index in [2.05, 4.69) is 22.3 Å². The average Bonchev–Trinajstić information content (AvgIpc) is 2.21. The maximum Gasteiger partial charge on any atom is 0.272 e. The summed E-state index contributed by atoms with van der Waals surface area (Å²) < 4.78 is 0. The van der Waals surface area contributed by atoms with Crippen LogP contribution in [0.2, 0.25) is 0 Å². The molecule has 0 aliphatic rings. The zero-order chi connectivity index (χ0) is 12.6. The van der Waals surface area contributed by atoms with E-state index < -0.39 is 0 Å². The molecule has 0 fully saturated rings. The molecule has 0 radical (unpaired) electrons. The zero-order valence-corrected chi connectivity index (χ0v) is 10.2. The third kappa shape index (κ3) is 2.06. The zero-order valence-electron chi connectivity index (χ0n) is 10.2. The monoisotopic (exact) mass is 229 g/mol. The fourth-order valence-electron chi connectivity index (χ4n) is 2.21. The summed E-state index contributed by atoms with van der Waals surface area (Å²) in [6.45, 7) is 6.02. The number of hydrogen-bond donors (Lipinski definition) is 2. The number of aromatic amines is 1. The quantitative estimate of drug-likeness (QED) is 0.785. The molecule has 17 heavy (non-hydrogen) atoms.